The van der Waals surface area contributed by atoms with E-state index in [2.05, 4.69) is 10.3 Å². The number of aromatic nitrogens is 2. The third kappa shape index (κ3) is 3.15. The van der Waals surface area contributed by atoms with Gasteiger partial charge in [-0.25, -0.2) is 4.98 Å². The minimum Gasteiger partial charge on any atom is -0.322 e. The van der Waals surface area contributed by atoms with Crippen molar-refractivity contribution in [1.29, 1.82) is 0 Å². The smallest absolute Gasteiger partial charge is 0.255 e. The fourth-order valence-electron chi connectivity index (χ4n) is 2.80. The number of imidazole rings is 1. The molecule has 2 aromatic heterocycles. The van der Waals surface area contributed by atoms with Crippen molar-refractivity contribution >= 4 is 17.2 Å². The monoisotopic (exact) mass is 327 g/mol. The Morgan fingerprint density at radius 1 is 1.00 bits per heavy atom. The quantitative estimate of drug-likeness (QED) is 0.599. The largest absolute Gasteiger partial charge is 0.322 e. The number of nitrogens with one attached hydrogen (secondary N) is 1. The van der Waals surface area contributed by atoms with Crippen molar-refractivity contribution in [2.75, 3.05) is 5.32 Å². The van der Waals surface area contributed by atoms with E-state index in [0.29, 0.717) is 5.56 Å². The zero-order valence-corrected chi connectivity index (χ0v) is 13.8. The molecule has 0 spiro atoms. The Morgan fingerprint density at radius 2 is 1.84 bits per heavy atom. The van der Waals surface area contributed by atoms with Crippen LogP contribution in [0.4, 0.5) is 5.69 Å². The first kappa shape index (κ1) is 15.1. The number of carbonyl (C=O) groups is 1. The Kier molecular flexibility index (Phi) is 3.78. The van der Waals surface area contributed by atoms with Gasteiger partial charge in [0.15, 0.2) is 0 Å². The van der Waals surface area contributed by atoms with Crippen molar-refractivity contribution in [3.63, 3.8) is 0 Å². The van der Waals surface area contributed by atoms with Crippen LogP contribution in [-0.2, 0) is 0 Å². The number of benzene rings is 2. The van der Waals surface area contributed by atoms with E-state index < -0.39 is 0 Å². The summed E-state index contributed by atoms with van der Waals surface area (Å²) in [6.07, 6.45) is 3.83. The van der Waals surface area contributed by atoms with Gasteiger partial charge >= 0.3 is 0 Å². The van der Waals surface area contributed by atoms with Crippen molar-refractivity contribution in [2.45, 2.75) is 6.92 Å². The maximum atomic E-state index is 12.5. The SMILES string of the molecule is Cc1cccc(NC(=O)c2ccn3cc(-c4ccccc4)nc3c2)c1. The molecule has 4 aromatic rings. The van der Waals surface area contributed by atoms with Crippen LogP contribution in [0.5, 0.6) is 0 Å². The molecule has 122 valence electrons. The topological polar surface area (TPSA) is 46.4 Å². The number of hydrogen-bond acceptors (Lipinski definition) is 2. The third-order valence-electron chi connectivity index (χ3n) is 4.07. The molecule has 0 fully saturated rings. The average molecular weight is 327 g/mol. The lowest BCUT2D eigenvalue weighted by Gasteiger charge is -2.06. The predicted molar refractivity (Wildman–Crippen MR) is 99.8 cm³/mol. The molecular formula is C21H17N3O. The van der Waals surface area contributed by atoms with Crippen LogP contribution >= 0.6 is 0 Å². The van der Waals surface area contributed by atoms with Crippen LogP contribution < -0.4 is 5.32 Å². The summed E-state index contributed by atoms with van der Waals surface area (Å²) in [5.41, 5.74) is 5.16. The number of anilines is 1. The first-order valence-corrected chi connectivity index (χ1v) is 8.11. The van der Waals surface area contributed by atoms with Gasteiger partial charge < -0.3 is 9.72 Å². The summed E-state index contributed by atoms with van der Waals surface area (Å²) in [4.78, 5) is 17.1. The first-order chi connectivity index (χ1) is 12.2. The second kappa shape index (κ2) is 6.24. The summed E-state index contributed by atoms with van der Waals surface area (Å²) in [5.74, 6) is -0.141. The summed E-state index contributed by atoms with van der Waals surface area (Å²) in [6, 6.07) is 21.3. The second-order valence-electron chi connectivity index (χ2n) is 6.00. The zero-order chi connectivity index (χ0) is 17.2. The van der Waals surface area contributed by atoms with Gasteiger partial charge in [-0.3, -0.25) is 4.79 Å². The lowest BCUT2D eigenvalue weighted by Crippen LogP contribution is -2.12. The predicted octanol–water partition coefficient (Wildman–Crippen LogP) is 4.56. The maximum absolute atomic E-state index is 12.5. The zero-order valence-electron chi connectivity index (χ0n) is 13.8. The molecule has 1 N–H and O–H groups in total. The Balaban J connectivity index is 1.63. The highest BCUT2D eigenvalue weighted by Crippen LogP contribution is 2.19. The molecule has 0 aliphatic heterocycles. The van der Waals surface area contributed by atoms with E-state index >= 15 is 0 Å². The van der Waals surface area contributed by atoms with Gasteiger partial charge in [0.1, 0.15) is 5.65 Å². The average Bonchev–Trinajstić information content (AvgIpc) is 3.06. The summed E-state index contributed by atoms with van der Waals surface area (Å²) >= 11 is 0. The van der Waals surface area contributed by atoms with Crippen molar-refractivity contribution in [2.24, 2.45) is 0 Å². The molecule has 25 heavy (non-hydrogen) atoms. The molecule has 2 aromatic carbocycles. The lowest BCUT2D eigenvalue weighted by atomic mass is 10.2. The van der Waals surface area contributed by atoms with Crippen LogP contribution in [0.25, 0.3) is 16.9 Å². The Hall–Kier alpha value is -3.40. The number of amides is 1. The van der Waals surface area contributed by atoms with Crippen LogP contribution in [0.1, 0.15) is 15.9 Å². The molecule has 0 saturated heterocycles. The molecule has 2 heterocycles. The third-order valence-corrected chi connectivity index (χ3v) is 4.07. The molecular weight excluding hydrogens is 310 g/mol. The van der Waals surface area contributed by atoms with Gasteiger partial charge in [0.05, 0.1) is 5.69 Å². The minimum absolute atomic E-state index is 0.141. The van der Waals surface area contributed by atoms with Gasteiger partial charge in [-0.15, -0.1) is 0 Å². The Bertz CT molecular complexity index is 1050. The molecule has 4 heteroatoms. The lowest BCUT2D eigenvalue weighted by molar-refractivity contribution is 0.102. The Morgan fingerprint density at radius 3 is 2.64 bits per heavy atom. The fraction of sp³-hybridized carbons (Fsp3) is 0.0476. The minimum atomic E-state index is -0.141. The fourth-order valence-corrected chi connectivity index (χ4v) is 2.80. The molecule has 0 aliphatic carbocycles. The summed E-state index contributed by atoms with van der Waals surface area (Å²) in [7, 11) is 0. The van der Waals surface area contributed by atoms with E-state index in [0.717, 1.165) is 28.2 Å². The number of rotatable bonds is 3. The van der Waals surface area contributed by atoms with Gasteiger partial charge in [0, 0.05) is 29.2 Å². The van der Waals surface area contributed by atoms with E-state index in [9.17, 15) is 4.79 Å². The van der Waals surface area contributed by atoms with Crippen molar-refractivity contribution in [3.8, 4) is 11.3 Å². The van der Waals surface area contributed by atoms with Gasteiger partial charge in [0.2, 0.25) is 0 Å². The highest BCUT2D eigenvalue weighted by molar-refractivity contribution is 6.04. The standard InChI is InChI=1S/C21H17N3O/c1-15-6-5-9-18(12-15)22-21(25)17-10-11-24-14-19(23-20(24)13-17)16-7-3-2-4-8-16/h2-14H,1H3,(H,22,25). The van der Waals surface area contributed by atoms with Crippen LogP contribution in [-0.4, -0.2) is 15.3 Å². The molecule has 4 nitrogen and oxygen atoms in total. The summed E-state index contributed by atoms with van der Waals surface area (Å²) in [6.45, 7) is 2.00. The number of hydrogen-bond donors (Lipinski definition) is 1. The molecule has 0 atom stereocenters. The molecule has 0 saturated carbocycles. The normalized spacial score (nSPS) is 10.8. The number of nitrogens with zero attached hydrogens (tertiary/aromatic N) is 2. The molecule has 0 radical (unpaired) electrons. The highest BCUT2D eigenvalue weighted by Gasteiger charge is 2.10. The first-order valence-electron chi connectivity index (χ1n) is 8.11. The van der Waals surface area contributed by atoms with Crippen LogP contribution in [0, 0.1) is 6.92 Å². The molecule has 0 bridgehead atoms. The van der Waals surface area contributed by atoms with Crippen molar-refractivity contribution in [1.82, 2.24) is 9.38 Å². The van der Waals surface area contributed by atoms with Crippen LogP contribution in [0.2, 0.25) is 0 Å². The maximum Gasteiger partial charge on any atom is 0.255 e. The van der Waals surface area contributed by atoms with E-state index in [-0.39, 0.29) is 5.91 Å². The van der Waals surface area contributed by atoms with Gasteiger partial charge in [-0.05, 0) is 36.8 Å². The molecule has 4 rings (SSSR count). The Labute approximate surface area is 145 Å². The van der Waals surface area contributed by atoms with Gasteiger partial charge in [-0.2, -0.15) is 0 Å². The number of aryl methyl sites for hydroxylation is 1. The number of pyridine rings is 1. The van der Waals surface area contributed by atoms with E-state index in [1.165, 1.54) is 0 Å². The molecule has 0 unspecified atom stereocenters. The van der Waals surface area contributed by atoms with Crippen LogP contribution in [0.3, 0.4) is 0 Å². The van der Waals surface area contributed by atoms with Crippen molar-refractivity contribution in [3.05, 3.63) is 90.3 Å². The van der Waals surface area contributed by atoms with E-state index in [1.54, 1.807) is 12.1 Å². The summed E-state index contributed by atoms with van der Waals surface area (Å²) in [5, 5.41) is 2.93. The second-order valence-corrected chi connectivity index (χ2v) is 6.00. The van der Waals surface area contributed by atoms with Crippen LogP contribution in [0.15, 0.2) is 79.1 Å². The van der Waals surface area contributed by atoms with Crippen molar-refractivity contribution < 1.29 is 4.79 Å². The number of fused-ring (bicyclic) bond motifs is 1. The summed E-state index contributed by atoms with van der Waals surface area (Å²) < 4.78 is 1.92. The van der Waals surface area contributed by atoms with Gasteiger partial charge in [-0.1, -0.05) is 42.5 Å². The highest BCUT2D eigenvalue weighted by atomic mass is 16.1. The van der Waals surface area contributed by atoms with E-state index in [4.69, 9.17) is 0 Å². The molecule has 0 aliphatic rings. The van der Waals surface area contributed by atoms with E-state index in [1.807, 2.05) is 78.3 Å². The van der Waals surface area contributed by atoms with Gasteiger partial charge in [0.25, 0.3) is 5.91 Å². The number of carbonyl (C=O) groups excluding carboxylic acids is 1. The molecule has 1 amide bonds.